The maximum absolute atomic E-state index is 14.0. The number of nitrogens with one attached hydrogen (secondary N) is 3. The summed E-state index contributed by atoms with van der Waals surface area (Å²) in [4.78, 5) is 67.6. The molecule has 0 aromatic heterocycles. The van der Waals surface area contributed by atoms with Crippen LogP contribution in [0.25, 0.3) is 0 Å². The van der Waals surface area contributed by atoms with E-state index in [1.807, 2.05) is 37.3 Å². The van der Waals surface area contributed by atoms with E-state index in [4.69, 9.17) is 16.3 Å². The normalized spacial score (nSPS) is 14.6. The highest BCUT2D eigenvalue weighted by molar-refractivity contribution is 6.31. The molecule has 4 rings (SSSR count). The SMILES string of the molecule is Cc1cc(NC(=O)[C@H](CCCCNC(=O)OC(C)(C)C)NC(=O)[C@@H]2Cc3ccccc3CN2C(=O)CCC(=O)c2ccccc2)ccc1Cl. The number of hydrogen-bond donors (Lipinski definition) is 3. The number of Topliss-reactive ketones (excluding diaryl/α,β-unsaturated/α-hetero) is 1. The molecule has 1 aliphatic rings. The van der Waals surface area contributed by atoms with Crippen LogP contribution in [0.3, 0.4) is 0 Å². The van der Waals surface area contributed by atoms with Gasteiger partial charge in [0.05, 0.1) is 0 Å². The van der Waals surface area contributed by atoms with Crippen molar-refractivity contribution in [3.8, 4) is 0 Å². The van der Waals surface area contributed by atoms with E-state index in [0.29, 0.717) is 35.7 Å². The molecule has 0 spiro atoms. The Kier molecular flexibility index (Phi) is 13.0. The summed E-state index contributed by atoms with van der Waals surface area (Å²) in [6, 6.07) is 19.7. The summed E-state index contributed by atoms with van der Waals surface area (Å²) >= 11 is 6.18. The topological polar surface area (TPSA) is 134 Å². The summed E-state index contributed by atoms with van der Waals surface area (Å²) in [6.07, 6.45) is 1.03. The fourth-order valence-corrected chi connectivity index (χ4v) is 5.74. The van der Waals surface area contributed by atoms with Crippen molar-refractivity contribution in [1.29, 1.82) is 0 Å². The molecule has 4 amide bonds. The van der Waals surface area contributed by atoms with Crippen LogP contribution in [0.15, 0.2) is 72.8 Å². The summed E-state index contributed by atoms with van der Waals surface area (Å²) in [5, 5.41) is 9.08. The van der Waals surface area contributed by atoms with Gasteiger partial charge in [-0.05, 0) is 81.8 Å². The Morgan fingerprint density at radius 3 is 2.31 bits per heavy atom. The Morgan fingerprint density at radius 2 is 1.61 bits per heavy atom. The van der Waals surface area contributed by atoms with E-state index in [1.165, 1.54) is 4.90 Å². The second-order valence-corrected chi connectivity index (χ2v) is 13.6. The van der Waals surface area contributed by atoms with E-state index >= 15 is 0 Å². The number of anilines is 1. The Hall–Kier alpha value is -4.70. The molecule has 1 aliphatic heterocycles. The first kappa shape index (κ1) is 37.1. The third-order valence-corrected chi connectivity index (χ3v) is 8.60. The molecule has 3 N–H and O–H groups in total. The van der Waals surface area contributed by atoms with E-state index < -0.39 is 35.6 Å². The Bertz CT molecular complexity index is 1660. The van der Waals surface area contributed by atoms with Crippen molar-refractivity contribution in [3.63, 3.8) is 0 Å². The van der Waals surface area contributed by atoms with Gasteiger partial charge in [0.2, 0.25) is 17.7 Å². The van der Waals surface area contributed by atoms with Crippen molar-refractivity contribution >= 4 is 46.9 Å². The summed E-state index contributed by atoms with van der Waals surface area (Å²) < 4.78 is 5.28. The largest absolute Gasteiger partial charge is 0.444 e. The van der Waals surface area contributed by atoms with Crippen LogP contribution in [-0.2, 0) is 32.1 Å². The van der Waals surface area contributed by atoms with Gasteiger partial charge in [-0.25, -0.2) is 4.79 Å². The van der Waals surface area contributed by atoms with Gasteiger partial charge in [0.25, 0.3) is 0 Å². The number of unbranched alkanes of at least 4 members (excludes halogenated alkanes) is 1. The molecule has 0 saturated carbocycles. The fourth-order valence-electron chi connectivity index (χ4n) is 5.62. The number of halogens is 1. The van der Waals surface area contributed by atoms with Crippen LogP contribution in [0.1, 0.15) is 79.9 Å². The number of hydrogen-bond acceptors (Lipinski definition) is 6. The molecule has 0 unspecified atom stereocenters. The molecule has 0 aliphatic carbocycles. The standard InChI is InChI=1S/C38H45ClN4O6/c1-25-22-29(17-18-30(25)39)41-35(46)31(16-10-11-21-40-37(48)49-38(2,3)4)42-36(47)32-23-27-14-8-9-15-28(27)24-43(32)34(45)20-19-33(44)26-12-6-5-7-13-26/h5-9,12-15,17-18,22,31-32H,10-11,16,19-21,23-24H2,1-4H3,(H,40,48)(H,41,46)(H,42,47)/t31-,32-/m0/s1. The monoisotopic (exact) mass is 688 g/mol. The number of carbonyl (C=O) groups is 5. The lowest BCUT2D eigenvalue weighted by Gasteiger charge is -2.37. The quantitative estimate of drug-likeness (QED) is 0.141. The first-order chi connectivity index (χ1) is 23.3. The molecular formula is C38H45ClN4O6. The van der Waals surface area contributed by atoms with Gasteiger partial charge in [0, 0.05) is 48.6 Å². The summed E-state index contributed by atoms with van der Waals surface area (Å²) in [7, 11) is 0. The Labute approximate surface area is 292 Å². The first-order valence-corrected chi connectivity index (χ1v) is 17.0. The second-order valence-electron chi connectivity index (χ2n) is 13.2. The molecule has 0 saturated heterocycles. The Balaban J connectivity index is 1.47. The number of aryl methyl sites for hydroxylation is 1. The zero-order valence-electron chi connectivity index (χ0n) is 28.5. The molecule has 3 aromatic carbocycles. The predicted molar refractivity (Wildman–Crippen MR) is 189 cm³/mol. The fraction of sp³-hybridized carbons (Fsp3) is 0.395. The average Bonchev–Trinajstić information content (AvgIpc) is 3.06. The van der Waals surface area contributed by atoms with Gasteiger partial charge < -0.3 is 25.6 Å². The third-order valence-electron chi connectivity index (χ3n) is 8.18. The van der Waals surface area contributed by atoms with E-state index in [0.717, 1.165) is 16.7 Å². The molecule has 3 aromatic rings. The van der Waals surface area contributed by atoms with Gasteiger partial charge in [0.1, 0.15) is 17.7 Å². The lowest BCUT2D eigenvalue weighted by atomic mass is 9.92. The zero-order valence-corrected chi connectivity index (χ0v) is 29.3. The van der Waals surface area contributed by atoms with Crippen LogP contribution < -0.4 is 16.0 Å². The van der Waals surface area contributed by atoms with Gasteiger partial charge in [-0.2, -0.15) is 0 Å². The van der Waals surface area contributed by atoms with Crippen molar-refractivity contribution in [3.05, 3.63) is 100 Å². The molecule has 11 heteroatoms. The number of carbonyl (C=O) groups excluding carboxylic acids is 5. The number of ether oxygens (including phenoxy) is 1. The van der Waals surface area contributed by atoms with Crippen molar-refractivity contribution in [2.75, 3.05) is 11.9 Å². The number of ketones is 1. The molecular weight excluding hydrogens is 644 g/mol. The predicted octanol–water partition coefficient (Wildman–Crippen LogP) is 6.38. The zero-order chi connectivity index (χ0) is 35.6. The molecule has 10 nitrogen and oxygen atoms in total. The maximum atomic E-state index is 14.0. The second kappa shape index (κ2) is 17.1. The molecule has 260 valence electrons. The number of benzene rings is 3. The first-order valence-electron chi connectivity index (χ1n) is 16.6. The molecule has 2 atom stereocenters. The summed E-state index contributed by atoms with van der Waals surface area (Å²) in [5.74, 6) is -1.35. The minimum Gasteiger partial charge on any atom is -0.444 e. The van der Waals surface area contributed by atoms with Crippen molar-refractivity contribution in [2.24, 2.45) is 0 Å². The highest BCUT2D eigenvalue weighted by Crippen LogP contribution is 2.25. The highest BCUT2D eigenvalue weighted by Gasteiger charge is 2.36. The van der Waals surface area contributed by atoms with Crippen LogP contribution in [-0.4, -0.2) is 58.7 Å². The number of alkyl carbamates (subject to hydrolysis) is 1. The lowest BCUT2D eigenvalue weighted by molar-refractivity contribution is -0.142. The van der Waals surface area contributed by atoms with E-state index in [-0.39, 0.29) is 43.9 Å². The summed E-state index contributed by atoms with van der Waals surface area (Å²) in [6.45, 7) is 7.72. The number of amides is 4. The van der Waals surface area contributed by atoms with Crippen LogP contribution in [0.5, 0.6) is 0 Å². The number of fused-ring (bicyclic) bond motifs is 1. The van der Waals surface area contributed by atoms with Crippen LogP contribution in [0.2, 0.25) is 5.02 Å². The van der Waals surface area contributed by atoms with Crippen molar-refractivity contribution < 1.29 is 28.7 Å². The summed E-state index contributed by atoms with van der Waals surface area (Å²) in [5.41, 5.74) is 3.10. The van der Waals surface area contributed by atoms with E-state index in [9.17, 15) is 24.0 Å². The minimum absolute atomic E-state index is 0.0121. The average molecular weight is 689 g/mol. The van der Waals surface area contributed by atoms with Gasteiger partial charge >= 0.3 is 6.09 Å². The van der Waals surface area contributed by atoms with Gasteiger partial charge in [-0.3, -0.25) is 19.2 Å². The van der Waals surface area contributed by atoms with Crippen molar-refractivity contribution in [1.82, 2.24) is 15.5 Å². The van der Waals surface area contributed by atoms with Gasteiger partial charge in [0.15, 0.2) is 5.78 Å². The molecule has 0 bridgehead atoms. The molecule has 0 radical (unpaired) electrons. The Morgan fingerprint density at radius 1 is 0.918 bits per heavy atom. The van der Waals surface area contributed by atoms with Gasteiger partial charge in [-0.1, -0.05) is 66.2 Å². The van der Waals surface area contributed by atoms with Crippen molar-refractivity contribution in [2.45, 2.75) is 90.4 Å². The van der Waals surface area contributed by atoms with Crippen LogP contribution in [0.4, 0.5) is 10.5 Å². The van der Waals surface area contributed by atoms with Crippen LogP contribution >= 0.6 is 11.6 Å². The highest BCUT2D eigenvalue weighted by atomic mass is 35.5. The van der Waals surface area contributed by atoms with E-state index in [1.54, 1.807) is 63.2 Å². The number of nitrogens with zero attached hydrogens (tertiary/aromatic N) is 1. The number of rotatable bonds is 13. The lowest BCUT2D eigenvalue weighted by Crippen LogP contribution is -2.56. The van der Waals surface area contributed by atoms with Crippen LogP contribution in [0, 0.1) is 6.92 Å². The van der Waals surface area contributed by atoms with Gasteiger partial charge in [-0.15, -0.1) is 0 Å². The smallest absolute Gasteiger partial charge is 0.407 e. The minimum atomic E-state index is -0.932. The van der Waals surface area contributed by atoms with E-state index in [2.05, 4.69) is 16.0 Å². The molecule has 1 heterocycles. The third kappa shape index (κ3) is 11.2. The molecule has 49 heavy (non-hydrogen) atoms. The maximum Gasteiger partial charge on any atom is 0.407 e. The molecule has 0 fully saturated rings.